The van der Waals surface area contributed by atoms with Crippen molar-refractivity contribution < 1.29 is 17.6 Å². The second-order valence-corrected chi connectivity index (χ2v) is 10.6. The van der Waals surface area contributed by atoms with Crippen molar-refractivity contribution in [3.63, 3.8) is 0 Å². The summed E-state index contributed by atoms with van der Waals surface area (Å²) in [6.07, 6.45) is 0. The van der Waals surface area contributed by atoms with E-state index in [-0.39, 0.29) is 35.3 Å². The van der Waals surface area contributed by atoms with Gasteiger partial charge in [-0.3, -0.25) is 4.79 Å². The maximum atomic E-state index is 14.1. The first-order valence-corrected chi connectivity index (χ1v) is 12.2. The van der Waals surface area contributed by atoms with Crippen molar-refractivity contribution in [3.05, 3.63) is 71.5 Å². The van der Waals surface area contributed by atoms with Crippen LogP contribution in [-0.2, 0) is 9.84 Å². The van der Waals surface area contributed by atoms with Gasteiger partial charge in [0.25, 0.3) is 5.91 Å². The highest BCUT2D eigenvalue weighted by Gasteiger charge is 2.44. The SMILES string of the molecule is Cc1ccc(-c2cccc3cc(C(=O)N4CCN[C@H]5CS(=O)(=O)C[C@H]54)ccc23)cc1F. The summed E-state index contributed by atoms with van der Waals surface area (Å²) in [4.78, 5) is 15.0. The van der Waals surface area contributed by atoms with Crippen LogP contribution < -0.4 is 5.32 Å². The second kappa shape index (κ2) is 7.43. The van der Waals surface area contributed by atoms with E-state index in [0.717, 1.165) is 21.9 Å². The molecule has 2 atom stereocenters. The average Bonchev–Trinajstić information content (AvgIpc) is 3.08. The number of amides is 1. The Morgan fingerprint density at radius 3 is 2.74 bits per heavy atom. The molecular weight excluding hydrogens is 415 g/mol. The first-order chi connectivity index (χ1) is 14.8. The third kappa shape index (κ3) is 3.62. The maximum Gasteiger partial charge on any atom is 0.254 e. The lowest BCUT2D eigenvalue weighted by atomic mass is 9.95. The Labute approximate surface area is 180 Å². The zero-order chi connectivity index (χ0) is 21.8. The number of nitrogens with zero attached hydrogens (tertiary/aromatic N) is 1. The fourth-order valence-corrected chi connectivity index (χ4v) is 6.67. The van der Waals surface area contributed by atoms with Crippen LogP contribution in [0.2, 0.25) is 0 Å². The first kappa shape index (κ1) is 20.2. The van der Waals surface area contributed by atoms with Gasteiger partial charge in [-0.2, -0.15) is 0 Å². The van der Waals surface area contributed by atoms with E-state index in [1.165, 1.54) is 6.07 Å². The van der Waals surface area contributed by atoms with Crippen LogP contribution in [-0.4, -0.2) is 55.9 Å². The van der Waals surface area contributed by atoms with Gasteiger partial charge in [0.05, 0.1) is 17.5 Å². The number of benzene rings is 3. The summed E-state index contributed by atoms with van der Waals surface area (Å²) >= 11 is 0. The highest BCUT2D eigenvalue weighted by atomic mass is 32.2. The summed E-state index contributed by atoms with van der Waals surface area (Å²) in [6.45, 7) is 2.80. The summed E-state index contributed by atoms with van der Waals surface area (Å²) < 4.78 is 38.3. The number of sulfone groups is 1. The average molecular weight is 439 g/mol. The van der Waals surface area contributed by atoms with Gasteiger partial charge >= 0.3 is 0 Å². The molecule has 2 aliphatic heterocycles. The second-order valence-electron chi connectivity index (χ2n) is 8.41. The van der Waals surface area contributed by atoms with Crippen molar-refractivity contribution >= 4 is 26.5 Å². The van der Waals surface area contributed by atoms with Crippen LogP contribution in [0.5, 0.6) is 0 Å². The molecule has 160 valence electrons. The largest absolute Gasteiger partial charge is 0.332 e. The molecule has 2 aliphatic rings. The molecule has 0 unspecified atom stereocenters. The van der Waals surface area contributed by atoms with Crippen LogP contribution in [0.15, 0.2) is 54.6 Å². The zero-order valence-electron chi connectivity index (χ0n) is 17.1. The molecule has 1 N–H and O–H groups in total. The van der Waals surface area contributed by atoms with Crippen molar-refractivity contribution in [1.29, 1.82) is 0 Å². The standard InChI is InChI=1S/C24H23FN2O3S/c1-15-5-6-17(12-21(15)25)19-4-2-3-16-11-18(7-8-20(16)19)24(28)27-10-9-26-22-13-31(29,30)14-23(22)27/h2-8,11-12,22-23,26H,9-10,13-14H2,1H3/t22-,23+/m0/s1. The van der Waals surface area contributed by atoms with Crippen LogP contribution in [0, 0.1) is 12.7 Å². The Balaban J connectivity index is 1.50. The van der Waals surface area contributed by atoms with Gasteiger partial charge in [0.1, 0.15) is 5.82 Å². The summed E-state index contributed by atoms with van der Waals surface area (Å²) in [5.74, 6) is -0.314. The van der Waals surface area contributed by atoms with Gasteiger partial charge in [0.2, 0.25) is 0 Å². The number of carbonyl (C=O) groups is 1. The number of piperazine rings is 1. The monoisotopic (exact) mass is 438 g/mol. The highest BCUT2D eigenvalue weighted by Crippen LogP contribution is 2.31. The van der Waals surface area contributed by atoms with E-state index >= 15 is 0 Å². The van der Waals surface area contributed by atoms with Crippen LogP contribution in [0.1, 0.15) is 15.9 Å². The predicted molar refractivity (Wildman–Crippen MR) is 119 cm³/mol. The molecule has 5 rings (SSSR count). The number of aryl methyl sites for hydroxylation is 1. The van der Waals surface area contributed by atoms with Crippen LogP contribution in [0.4, 0.5) is 4.39 Å². The number of hydrogen-bond acceptors (Lipinski definition) is 4. The van der Waals surface area contributed by atoms with Crippen molar-refractivity contribution in [2.75, 3.05) is 24.6 Å². The number of fused-ring (bicyclic) bond motifs is 2. The van der Waals surface area contributed by atoms with Crippen molar-refractivity contribution in [2.45, 2.75) is 19.0 Å². The Morgan fingerprint density at radius 2 is 1.94 bits per heavy atom. The molecule has 2 fully saturated rings. The molecular formula is C24H23FN2O3S. The highest BCUT2D eigenvalue weighted by molar-refractivity contribution is 7.91. The number of carbonyl (C=O) groups excluding carboxylic acids is 1. The Hall–Kier alpha value is -2.77. The molecule has 1 amide bonds. The van der Waals surface area contributed by atoms with E-state index < -0.39 is 9.84 Å². The third-order valence-electron chi connectivity index (χ3n) is 6.35. The molecule has 7 heteroatoms. The summed E-state index contributed by atoms with van der Waals surface area (Å²) in [5.41, 5.74) is 2.82. The van der Waals surface area contributed by atoms with Gasteiger partial charge in [-0.05, 0) is 52.6 Å². The van der Waals surface area contributed by atoms with Gasteiger partial charge in [-0.15, -0.1) is 0 Å². The molecule has 31 heavy (non-hydrogen) atoms. The lowest BCUT2D eigenvalue weighted by Gasteiger charge is -2.37. The molecule has 0 aromatic heterocycles. The van der Waals surface area contributed by atoms with E-state index in [4.69, 9.17) is 0 Å². The number of rotatable bonds is 2. The molecule has 0 bridgehead atoms. The smallest absolute Gasteiger partial charge is 0.254 e. The lowest BCUT2D eigenvalue weighted by Crippen LogP contribution is -2.59. The van der Waals surface area contributed by atoms with Gasteiger partial charge < -0.3 is 10.2 Å². The van der Waals surface area contributed by atoms with E-state index in [2.05, 4.69) is 5.32 Å². The number of halogens is 1. The topological polar surface area (TPSA) is 66.5 Å². The molecule has 2 saturated heterocycles. The minimum absolute atomic E-state index is 0.00707. The van der Waals surface area contributed by atoms with Gasteiger partial charge in [-0.25, -0.2) is 12.8 Å². The molecule has 3 aromatic rings. The molecule has 0 spiro atoms. The zero-order valence-corrected chi connectivity index (χ0v) is 18.0. The normalized spacial score (nSPS) is 22.5. The minimum atomic E-state index is -3.14. The molecule has 0 radical (unpaired) electrons. The molecule has 3 aromatic carbocycles. The van der Waals surface area contributed by atoms with Crippen molar-refractivity contribution in [1.82, 2.24) is 10.2 Å². The van der Waals surface area contributed by atoms with E-state index in [1.54, 1.807) is 24.0 Å². The maximum absolute atomic E-state index is 14.1. The first-order valence-electron chi connectivity index (χ1n) is 10.4. The van der Waals surface area contributed by atoms with Gasteiger partial charge in [0, 0.05) is 24.7 Å². The van der Waals surface area contributed by atoms with E-state index in [0.29, 0.717) is 24.2 Å². The fraction of sp³-hybridized carbons (Fsp3) is 0.292. The fourth-order valence-electron chi connectivity index (χ4n) is 4.71. The van der Waals surface area contributed by atoms with Gasteiger partial charge in [0.15, 0.2) is 9.84 Å². The van der Waals surface area contributed by atoms with Gasteiger partial charge in [-0.1, -0.05) is 36.4 Å². The van der Waals surface area contributed by atoms with Crippen LogP contribution in [0.25, 0.3) is 21.9 Å². The van der Waals surface area contributed by atoms with Crippen molar-refractivity contribution in [2.24, 2.45) is 0 Å². The Bertz CT molecular complexity index is 1310. The number of nitrogens with one attached hydrogen (secondary N) is 1. The number of hydrogen-bond donors (Lipinski definition) is 1. The summed E-state index contributed by atoms with van der Waals surface area (Å²) in [7, 11) is -3.14. The van der Waals surface area contributed by atoms with Crippen LogP contribution in [0.3, 0.4) is 0 Å². The molecule has 5 nitrogen and oxygen atoms in total. The summed E-state index contributed by atoms with van der Waals surface area (Å²) in [5, 5.41) is 5.05. The molecule has 2 heterocycles. The van der Waals surface area contributed by atoms with Crippen molar-refractivity contribution in [3.8, 4) is 11.1 Å². The molecule has 0 saturated carbocycles. The minimum Gasteiger partial charge on any atom is -0.332 e. The quantitative estimate of drug-likeness (QED) is 0.668. The lowest BCUT2D eigenvalue weighted by molar-refractivity contribution is 0.0621. The van der Waals surface area contributed by atoms with Crippen LogP contribution >= 0.6 is 0 Å². The van der Waals surface area contributed by atoms with E-state index in [1.807, 2.05) is 36.4 Å². The van der Waals surface area contributed by atoms with E-state index in [9.17, 15) is 17.6 Å². The summed E-state index contributed by atoms with van der Waals surface area (Å²) in [6, 6.07) is 15.9. The third-order valence-corrected chi connectivity index (χ3v) is 8.07. The Kier molecular flexibility index (Phi) is 4.83. The predicted octanol–water partition coefficient (Wildman–Crippen LogP) is 3.17. The Morgan fingerprint density at radius 1 is 1.10 bits per heavy atom. The molecule has 0 aliphatic carbocycles.